The van der Waals surface area contributed by atoms with Gasteiger partial charge in [0.25, 0.3) is 0 Å². The summed E-state index contributed by atoms with van der Waals surface area (Å²) in [5, 5.41) is 10.8. The van der Waals surface area contributed by atoms with Crippen molar-refractivity contribution in [3.05, 3.63) is 48.0 Å². The van der Waals surface area contributed by atoms with Crippen molar-refractivity contribution in [1.82, 2.24) is 4.90 Å². The molecule has 146 valence electrons. The van der Waals surface area contributed by atoms with Crippen molar-refractivity contribution in [3.8, 4) is 22.8 Å². The highest BCUT2D eigenvalue weighted by atomic mass is 16.5. The number of aryl methyl sites for hydroxylation is 1. The SMILES string of the molecule is COc1cc(-c2cc3cc(CCC(=O)N4CCCCC4)ccc3o2)ccc1O. The van der Waals surface area contributed by atoms with Gasteiger partial charge in [0.05, 0.1) is 7.11 Å². The first kappa shape index (κ1) is 18.4. The number of fused-ring (bicyclic) bond motifs is 1. The molecular formula is C23H25NO4. The normalized spacial score (nSPS) is 14.4. The molecule has 3 aromatic rings. The Hall–Kier alpha value is -2.95. The number of likely N-dealkylation sites (tertiary alicyclic amines) is 1. The van der Waals surface area contributed by atoms with Crippen LogP contribution in [0.15, 0.2) is 46.9 Å². The van der Waals surface area contributed by atoms with Crippen LogP contribution in [0.25, 0.3) is 22.3 Å². The van der Waals surface area contributed by atoms with E-state index in [-0.39, 0.29) is 11.7 Å². The topological polar surface area (TPSA) is 62.9 Å². The van der Waals surface area contributed by atoms with Gasteiger partial charge in [-0.2, -0.15) is 0 Å². The van der Waals surface area contributed by atoms with Crippen LogP contribution in [0.2, 0.25) is 0 Å². The van der Waals surface area contributed by atoms with E-state index in [1.807, 2.05) is 23.1 Å². The minimum Gasteiger partial charge on any atom is -0.504 e. The second-order valence-corrected chi connectivity index (χ2v) is 7.31. The number of carbonyl (C=O) groups excluding carboxylic acids is 1. The van der Waals surface area contributed by atoms with Gasteiger partial charge in [-0.25, -0.2) is 0 Å². The van der Waals surface area contributed by atoms with Crippen LogP contribution in [0.3, 0.4) is 0 Å². The molecule has 28 heavy (non-hydrogen) atoms. The fourth-order valence-electron chi connectivity index (χ4n) is 3.77. The van der Waals surface area contributed by atoms with Crippen molar-refractivity contribution in [3.63, 3.8) is 0 Å². The van der Waals surface area contributed by atoms with Crippen LogP contribution in [-0.2, 0) is 11.2 Å². The summed E-state index contributed by atoms with van der Waals surface area (Å²) < 4.78 is 11.1. The number of methoxy groups -OCH3 is 1. The molecule has 0 atom stereocenters. The van der Waals surface area contributed by atoms with Crippen LogP contribution < -0.4 is 4.74 Å². The molecule has 5 nitrogen and oxygen atoms in total. The molecule has 1 aliphatic rings. The van der Waals surface area contributed by atoms with Crippen LogP contribution >= 0.6 is 0 Å². The van der Waals surface area contributed by atoms with Gasteiger partial charge in [-0.1, -0.05) is 6.07 Å². The molecule has 0 radical (unpaired) electrons. The van der Waals surface area contributed by atoms with Crippen molar-refractivity contribution in [2.45, 2.75) is 32.1 Å². The van der Waals surface area contributed by atoms with Crippen molar-refractivity contribution >= 4 is 16.9 Å². The molecule has 2 aromatic carbocycles. The van der Waals surface area contributed by atoms with Gasteiger partial charge in [-0.3, -0.25) is 4.79 Å². The van der Waals surface area contributed by atoms with E-state index in [4.69, 9.17) is 9.15 Å². The first-order chi connectivity index (χ1) is 13.6. The Bertz CT molecular complexity index is 985. The first-order valence-electron chi connectivity index (χ1n) is 9.81. The second kappa shape index (κ2) is 7.97. The molecule has 1 aliphatic heterocycles. The quantitative estimate of drug-likeness (QED) is 0.694. The first-order valence-corrected chi connectivity index (χ1v) is 9.81. The lowest BCUT2D eigenvalue weighted by molar-refractivity contribution is -0.132. The Morgan fingerprint density at radius 1 is 1.11 bits per heavy atom. The number of benzene rings is 2. The van der Waals surface area contributed by atoms with Crippen LogP contribution in [0.4, 0.5) is 0 Å². The summed E-state index contributed by atoms with van der Waals surface area (Å²) in [6, 6.07) is 13.2. The zero-order chi connectivity index (χ0) is 19.5. The molecule has 0 spiro atoms. The fourth-order valence-corrected chi connectivity index (χ4v) is 3.77. The van der Waals surface area contributed by atoms with E-state index in [0.717, 1.165) is 60.2 Å². The highest BCUT2D eigenvalue weighted by Crippen LogP contribution is 2.34. The smallest absolute Gasteiger partial charge is 0.222 e. The van der Waals surface area contributed by atoms with Crippen LogP contribution in [0.1, 0.15) is 31.2 Å². The average Bonchev–Trinajstić information content (AvgIpc) is 3.16. The van der Waals surface area contributed by atoms with Crippen molar-refractivity contribution in [2.24, 2.45) is 0 Å². The highest BCUT2D eigenvalue weighted by molar-refractivity contribution is 5.84. The molecular weight excluding hydrogens is 354 g/mol. The van der Waals surface area contributed by atoms with Gasteiger partial charge in [0.2, 0.25) is 5.91 Å². The van der Waals surface area contributed by atoms with E-state index in [0.29, 0.717) is 12.2 Å². The predicted octanol–water partition coefficient (Wildman–Crippen LogP) is 4.76. The lowest BCUT2D eigenvalue weighted by Crippen LogP contribution is -2.35. The molecule has 0 bridgehead atoms. The van der Waals surface area contributed by atoms with Gasteiger partial charge < -0.3 is 19.2 Å². The molecule has 1 fully saturated rings. The molecule has 0 unspecified atom stereocenters. The number of aromatic hydroxyl groups is 1. The minimum absolute atomic E-state index is 0.100. The van der Waals surface area contributed by atoms with Gasteiger partial charge >= 0.3 is 0 Å². The third kappa shape index (κ3) is 3.84. The maximum absolute atomic E-state index is 12.4. The van der Waals surface area contributed by atoms with E-state index in [1.54, 1.807) is 18.2 Å². The number of phenols is 1. The predicted molar refractivity (Wildman–Crippen MR) is 109 cm³/mol. The van der Waals surface area contributed by atoms with E-state index in [9.17, 15) is 9.90 Å². The van der Waals surface area contributed by atoms with Crippen LogP contribution in [0.5, 0.6) is 11.5 Å². The molecule has 4 rings (SSSR count). The molecule has 5 heteroatoms. The Morgan fingerprint density at radius 2 is 1.93 bits per heavy atom. The average molecular weight is 379 g/mol. The van der Waals surface area contributed by atoms with Crippen molar-refractivity contribution in [1.29, 1.82) is 0 Å². The van der Waals surface area contributed by atoms with Gasteiger partial charge in [-0.15, -0.1) is 0 Å². The molecule has 1 amide bonds. The minimum atomic E-state index is 0.100. The van der Waals surface area contributed by atoms with Gasteiger partial charge in [0, 0.05) is 30.5 Å². The molecule has 1 saturated heterocycles. The molecule has 0 saturated carbocycles. The largest absolute Gasteiger partial charge is 0.504 e. The Kier molecular flexibility index (Phi) is 5.24. The summed E-state index contributed by atoms with van der Waals surface area (Å²) in [6.07, 6.45) is 4.76. The van der Waals surface area contributed by atoms with E-state index < -0.39 is 0 Å². The summed E-state index contributed by atoms with van der Waals surface area (Å²) in [4.78, 5) is 14.4. The number of nitrogens with zero attached hydrogens (tertiary/aromatic N) is 1. The molecule has 1 N–H and O–H groups in total. The van der Waals surface area contributed by atoms with Gasteiger partial charge in [0.15, 0.2) is 11.5 Å². The number of carbonyl (C=O) groups is 1. The Labute approximate surface area is 164 Å². The summed E-state index contributed by atoms with van der Waals surface area (Å²) >= 11 is 0. The zero-order valence-electron chi connectivity index (χ0n) is 16.1. The number of amides is 1. The molecule has 0 aliphatic carbocycles. The third-order valence-corrected chi connectivity index (χ3v) is 5.38. The number of piperidine rings is 1. The lowest BCUT2D eigenvalue weighted by Gasteiger charge is -2.26. The number of rotatable bonds is 5. The molecule has 1 aromatic heterocycles. The monoisotopic (exact) mass is 379 g/mol. The van der Waals surface area contributed by atoms with Gasteiger partial charge in [0.1, 0.15) is 11.3 Å². The third-order valence-electron chi connectivity index (χ3n) is 5.38. The zero-order valence-corrected chi connectivity index (χ0v) is 16.1. The van der Waals surface area contributed by atoms with E-state index in [2.05, 4.69) is 6.07 Å². The standard InChI is InChI=1S/C23H25NO4/c1-27-22-14-17(7-8-19(22)25)21-15-18-13-16(5-9-20(18)28-21)6-10-23(26)24-11-3-2-4-12-24/h5,7-9,13-15,25H,2-4,6,10-12H2,1H3. The number of ether oxygens (including phenoxy) is 1. The maximum Gasteiger partial charge on any atom is 0.222 e. The Morgan fingerprint density at radius 3 is 2.71 bits per heavy atom. The van der Waals surface area contributed by atoms with E-state index >= 15 is 0 Å². The number of hydrogen-bond donors (Lipinski definition) is 1. The van der Waals surface area contributed by atoms with Crippen LogP contribution in [-0.4, -0.2) is 36.1 Å². The summed E-state index contributed by atoms with van der Waals surface area (Å²) in [5.41, 5.74) is 2.77. The highest BCUT2D eigenvalue weighted by Gasteiger charge is 2.16. The lowest BCUT2D eigenvalue weighted by atomic mass is 10.1. The number of phenolic OH excluding ortho intramolecular Hbond substituents is 1. The Balaban J connectivity index is 1.49. The summed E-state index contributed by atoms with van der Waals surface area (Å²) in [6.45, 7) is 1.80. The number of furan rings is 1. The maximum atomic E-state index is 12.4. The van der Waals surface area contributed by atoms with Crippen LogP contribution in [0, 0.1) is 0 Å². The van der Waals surface area contributed by atoms with Crippen molar-refractivity contribution < 1.29 is 19.1 Å². The number of hydrogen-bond acceptors (Lipinski definition) is 4. The van der Waals surface area contributed by atoms with E-state index in [1.165, 1.54) is 13.5 Å². The fraction of sp³-hybridized carbons (Fsp3) is 0.348. The molecule has 2 heterocycles. The second-order valence-electron chi connectivity index (χ2n) is 7.31. The summed E-state index contributed by atoms with van der Waals surface area (Å²) in [7, 11) is 1.52. The van der Waals surface area contributed by atoms with Crippen molar-refractivity contribution in [2.75, 3.05) is 20.2 Å². The van der Waals surface area contributed by atoms with Gasteiger partial charge in [-0.05, 0) is 67.6 Å². The summed E-state index contributed by atoms with van der Waals surface area (Å²) in [5.74, 6) is 1.48.